The van der Waals surface area contributed by atoms with Crippen molar-refractivity contribution in [3.8, 4) is 11.5 Å². The Bertz CT molecular complexity index is 711. The number of nitrogens with one attached hydrogen (secondary N) is 2. The first-order valence-electron chi connectivity index (χ1n) is 9.57. The SMILES string of the molecule is CCc1cccc(OCC(=O)NCCNC(=O)COc2cccc(CC)c2)c1. The zero-order chi connectivity index (χ0) is 20.2. The van der Waals surface area contributed by atoms with Gasteiger partial charge in [0.1, 0.15) is 11.5 Å². The maximum Gasteiger partial charge on any atom is 0.258 e. The lowest BCUT2D eigenvalue weighted by Crippen LogP contribution is -2.38. The third-order valence-electron chi connectivity index (χ3n) is 4.12. The van der Waals surface area contributed by atoms with E-state index in [0.717, 1.165) is 24.0 Å². The van der Waals surface area contributed by atoms with Gasteiger partial charge in [0, 0.05) is 13.1 Å². The molecule has 0 saturated heterocycles. The van der Waals surface area contributed by atoms with Crippen molar-refractivity contribution < 1.29 is 19.1 Å². The third kappa shape index (κ3) is 7.70. The second-order valence-corrected chi connectivity index (χ2v) is 6.28. The van der Waals surface area contributed by atoms with Gasteiger partial charge in [-0.05, 0) is 48.2 Å². The van der Waals surface area contributed by atoms with E-state index in [2.05, 4.69) is 24.5 Å². The Labute approximate surface area is 166 Å². The van der Waals surface area contributed by atoms with Gasteiger partial charge in [-0.1, -0.05) is 38.1 Å². The molecule has 2 amide bonds. The van der Waals surface area contributed by atoms with Gasteiger partial charge in [-0.2, -0.15) is 0 Å². The number of rotatable bonds is 11. The van der Waals surface area contributed by atoms with E-state index in [1.165, 1.54) is 0 Å². The highest BCUT2D eigenvalue weighted by molar-refractivity contribution is 5.78. The standard InChI is InChI=1S/C22H28N2O4/c1-3-17-7-5-9-19(13-17)27-15-21(25)23-11-12-24-22(26)16-28-20-10-6-8-18(4-2)14-20/h5-10,13-14H,3-4,11-12,15-16H2,1-2H3,(H,23,25)(H,24,26). The molecule has 0 atom stereocenters. The van der Waals surface area contributed by atoms with Gasteiger partial charge in [0.05, 0.1) is 0 Å². The monoisotopic (exact) mass is 384 g/mol. The van der Waals surface area contributed by atoms with E-state index in [0.29, 0.717) is 24.6 Å². The smallest absolute Gasteiger partial charge is 0.258 e. The lowest BCUT2D eigenvalue weighted by atomic mass is 10.2. The lowest BCUT2D eigenvalue weighted by molar-refractivity contribution is -0.124. The van der Waals surface area contributed by atoms with Gasteiger partial charge in [-0.3, -0.25) is 9.59 Å². The summed E-state index contributed by atoms with van der Waals surface area (Å²) in [5.41, 5.74) is 2.31. The van der Waals surface area contributed by atoms with E-state index in [-0.39, 0.29) is 25.0 Å². The van der Waals surface area contributed by atoms with Crippen molar-refractivity contribution in [1.29, 1.82) is 0 Å². The molecule has 0 spiro atoms. The van der Waals surface area contributed by atoms with E-state index < -0.39 is 0 Å². The molecule has 0 unspecified atom stereocenters. The zero-order valence-electron chi connectivity index (χ0n) is 16.5. The van der Waals surface area contributed by atoms with Crippen molar-refractivity contribution in [2.45, 2.75) is 26.7 Å². The Balaban J connectivity index is 1.58. The van der Waals surface area contributed by atoms with Crippen LogP contribution in [0.5, 0.6) is 11.5 Å². The molecule has 2 aromatic carbocycles. The number of ether oxygens (including phenoxy) is 2. The van der Waals surface area contributed by atoms with Crippen LogP contribution in [0.15, 0.2) is 48.5 Å². The molecule has 0 fully saturated rings. The summed E-state index contributed by atoms with van der Waals surface area (Å²) in [5.74, 6) is 0.881. The fraction of sp³-hybridized carbons (Fsp3) is 0.364. The number of benzene rings is 2. The number of aryl methyl sites for hydroxylation is 2. The van der Waals surface area contributed by atoms with Crippen LogP contribution < -0.4 is 20.1 Å². The van der Waals surface area contributed by atoms with Crippen LogP contribution in [0.3, 0.4) is 0 Å². The van der Waals surface area contributed by atoms with Gasteiger partial charge in [0.25, 0.3) is 11.8 Å². The molecule has 0 radical (unpaired) electrons. The minimum atomic E-state index is -0.233. The van der Waals surface area contributed by atoms with Crippen molar-refractivity contribution in [3.05, 3.63) is 59.7 Å². The topological polar surface area (TPSA) is 76.7 Å². The third-order valence-corrected chi connectivity index (χ3v) is 4.12. The van der Waals surface area contributed by atoms with Crippen molar-refractivity contribution >= 4 is 11.8 Å². The van der Waals surface area contributed by atoms with Crippen LogP contribution in [-0.2, 0) is 22.4 Å². The molecular formula is C22H28N2O4. The molecule has 0 heterocycles. The molecule has 0 bridgehead atoms. The number of amides is 2. The minimum Gasteiger partial charge on any atom is -0.484 e. The highest BCUT2D eigenvalue weighted by Gasteiger charge is 2.05. The van der Waals surface area contributed by atoms with Crippen molar-refractivity contribution in [2.75, 3.05) is 26.3 Å². The predicted molar refractivity (Wildman–Crippen MR) is 109 cm³/mol. The molecule has 2 aromatic rings. The molecular weight excluding hydrogens is 356 g/mol. The van der Waals surface area contributed by atoms with E-state index in [9.17, 15) is 9.59 Å². The van der Waals surface area contributed by atoms with E-state index in [1.54, 1.807) is 0 Å². The number of hydrogen-bond acceptors (Lipinski definition) is 4. The quantitative estimate of drug-likeness (QED) is 0.584. The molecule has 0 aliphatic carbocycles. The lowest BCUT2D eigenvalue weighted by Gasteiger charge is -2.10. The first-order chi connectivity index (χ1) is 13.6. The maximum absolute atomic E-state index is 11.8. The van der Waals surface area contributed by atoms with Crippen molar-refractivity contribution in [3.63, 3.8) is 0 Å². The predicted octanol–water partition coefficient (Wildman–Crippen LogP) is 2.50. The van der Waals surface area contributed by atoms with Crippen LogP contribution in [0.25, 0.3) is 0 Å². The normalized spacial score (nSPS) is 10.2. The summed E-state index contributed by atoms with van der Waals surface area (Å²) in [6.07, 6.45) is 1.83. The molecule has 2 N–H and O–H groups in total. The average molecular weight is 384 g/mol. The average Bonchev–Trinajstić information content (AvgIpc) is 2.74. The first-order valence-corrected chi connectivity index (χ1v) is 9.57. The Morgan fingerprint density at radius 3 is 1.57 bits per heavy atom. The summed E-state index contributed by atoms with van der Waals surface area (Å²) in [5, 5.41) is 5.41. The fourth-order valence-electron chi connectivity index (χ4n) is 2.51. The second kappa shape index (κ2) is 11.6. The summed E-state index contributed by atoms with van der Waals surface area (Å²) in [6.45, 7) is 4.67. The molecule has 0 aliphatic rings. The van der Waals surface area contributed by atoms with Gasteiger partial charge in [-0.25, -0.2) is 0 Å². The minimum absolute atomic E-state index is 0.0575. The van der Waals surface area contributed by atoms with Crippen LogP contribution in [0.1, 0.15) is 25.0 Å². The number of hydrogen-bond donors (Lipinski definition) is 2. The van der Waals surface area contributed by atoms with Crippen LogP contribution in [0.4, 0.5) is 0 Å². The van der Waals surface area contributed by atoms with E-state index in [1.807, 2.05) is 48.5 Å². The highest BCUT2D eigenvalue weighted by atomic mass is 16.5. The molecule has 6 heteroatoms. The Morgan fingerprint density at radius 1 is 0.750 bits per heavy atom. The summed E-state index contributed by atoms with van der Waals surface area (Å²) in [6, 6.07) is 15.3. The van der Waals surface area contributed by atoms with Gasteiger partial charge in [-0.15, -0.1) is 0 Å². The Kier molecular flexibility index (Phi) is 8.85. The molecule has 28 heavy (non-hydrogen) atoms. The van der Waals surface area contributed by atoms with Crippen LogP contribution in [0, 0.1) is 0 Å². The first kappa shape index (κ1) is 21.3. The van der Waals surface area contributed by atoms with Crippen molar-refractivity contribution in [1.82, 2.24) is 10.6 Å². The molecule has 0 saturated carbocycles. The van der Waals surface area contributed by atoms with Gasteiger partial charge in [0.2, 0.25) is 0 Å². The van der Waals surface area contributed by atoms with Crippen molar-refractivity contribution in [2.24, 2.45) is 0 Å². The number of carbonyl (C=O) groups excluding carboxylic acids is 2. The van der Waals surface area contributed by atoms with Gasteiger partial charge >= 0.3 is 0 Å². The second-order valence-electron chi connectivity index (χ2n) is 6.28. The highest BCUT2D eigenvalue weighted by Crippen LogP contribution is 2.14. The molecule has 6 nitrogen and oxygen atoms in total. The van der Waals surface area contributed by atoms with E-state index in [4.69, 9.17) is 9.47 Å². The summed E-state index contributed by atoms with van der Waals surface area (Å²) in [7, 11) is 0. The summed E-state index contributed by atoms with van der Waals surface area (Å²) < 4.78 is 11.0. The maximum atomic E-state index is 11.8. The van der Waals surface area contributed by atoms with Crippen LogP contribution >= 0.6 is 0 Å². The Hall–Kier alpha value is -3.02. The van der Waals surface area contributed by atoms with Gasteiger partial charge < -0.3 is 20.1 Å². The van der Waals surface area contributed by atoms with Crippen LogP contribution in [0.2, 0.25) is 0 Å². The molecule has 0 aromatic heterocycles. The molecule has 0 aliphatic heterocycles. The van der Waals surface area contributed by atoms with Crippen LogP contribution in [-0.4, -0.2) is 38.1 Å². The zero-order valence-corrected chi connectivity index (χ0v) is 16.5. The van der Waals surface area contributed by atoms with Gasteiger partial charge in [0.15, 0.2) is 13.2 Å². The fourth-order valence-corrected chi connectivity index (χ4v) is 2.51. The molecule has 2 rings (SSSR count). The largest absolute Gasteiger partial charge is 0.484 e. The summed E-state index contributed by atoms with van der Waals surface area (Å²) >= 11 is 0. The molecule has 150 valence electrons. The summed E-state index contributed by atoms with van der Waals surface area (Å²) in [4.78, 5) is 23.6. The van der Waals surface area contributed by atoms with E-state index >= 15 is 0 Å². The number of carbonyl (C=O) groups is 2. The Morgan fingerprint density at radius 2 is 1.18 bits per heavy atom.